The number of rotatable bonds is 3. The number of aromatic nitrogens is 2. The Morgan fingerprint density at radius 3 is 3.06 bits per heavy atom. The van der Waals surface area contributed by atoms with E-state index in [0.717, 1.165) is 19.6 Å². The van der Waals surface area contributed by atoms with Gasteiger partial charge >= 0.3 is 0 Å². The average molecular weight is 293 g/mol. The smallest absolute Gasteiger partial charge is 0.224 e. The lowest BCUT2D eigenvalue weighted by Crippen LogP contribution is -2.52. The molecule has 0 aromatic carbocycles. The molecule has 1 fully saturated rings. The van der Waals surface area contributed by atoms with Crippen molar-refractivity contribution in [1.82, 2.24) is 20.0 Å². The summed E-state index contributed by atoms with van der Waals surface area (Å²) >= 11 is 5.76. The third-order valence-electron chi connectivity index (χ3n) is 2.98. The average Bonchev–Trinajstić information content (AvgIpc) is 2.73. The molecule has 1 aromatic heterocycles. The van der Waals surface area contributed by atoms with Gasteiger partial charge in [0.15, 0.2) is 0 Å². The molecule has 18 heavy (non-hydrogen) atoms. The summed E-state index contributed by atoms with van der Waals surface area (Å²) in [7, 11) is 0. The molecule has 1 atom stereocenters. The maximum atomic E-state index is 12.0. The van der Waals surface area contributed by atoms with Crippen molar-refractivity contribution in [3.05, 3.63) is 17.4 Å². The van der Waals surface area contributed by atoms with Gasteiger partial charge in [-0.1, -0.05) is 11.6 Å². The highest BCUT2D eigenvalue weighted by Crippen LogP contribution is 2.08. The van der Waals surface area contributed by atoms with E-state index in [2.05, 4.69) is 17.3 Å². The summed E-state index contributed by atoms with van der Waals surface area (Å²) in [6.45, 7) is 5.19. The molecular formula is C11H18Cl2N4O. The summed E-state index contributed by atoms with van der Waals surface area (Å²) in [4.78, 5) is 13.9. The van der Waals surface area contributed by atoms with E-state index in [0.29, 0.717) is 18.0 Å². The van der Waals surface area contributed by atoms with E-state index in [1.54, 1.807) is 17.1 Å². The lowest BCUT2D eigenvalue weighted by molar-refractivity contribution is -0.134. The number of nitrogens with zero attached hydrogens (tertiary/aromatic N) is 3. The predicted octanol–water partition coefficient (Wildman–Crippen LogP) is 1.17. The van der Waals surface area contributed by atoms with E-state index in [4.69, 9.17) is 11.6 Å². The molecule has 102 valence electrons. The topological polar surface area (TPSA) is 50.2 Å². The van der Waals surface area contributed by atoms with Gasteiger partial charge in [-0.3, -0.25) is 9.48 Å². The Labute approximate surface area is 118 Å². The van der Waals surface area contributed by atoms with Crippen LogP contribution in [0.25, 0.3) is 0 Å². The van der Waals surface area contributed by atoms with E-state index in [1.807, 2.05) is 4.90 Å². The lowest BCUT2D eigenvalue weighted by atomic mass is 10.2. The SMILES string of the molecule is C[C@@H]1CNCCN1C(=O)CCn1cc(Cl)cn1.Cl. The van der Waals surface area contributed by atoms with Gasteiger partial charge in [0, 0.05) is 44.8 Å². The summed E-state index contributed by atoms with van der Waals surface area (Å²) in [5.74, 6) is 0.186. The van der Waals surface area contributed by atoms with Crippen molar-refractivity contribution >= 4 is 29.9 Å². The van der Waals surface area contributed by atoms with Crippen LogP contribution in [0, 0.1) is 0 Å². The highest BCUT2D eigenvalue weighted by atomic mass is 35.5. The number of nitrogens with one attached hydrogen (secondary N) is 1. The van der Waals surface area contributed by atoms with E-state index < -0.39 is 0 Å². The van der Waals surface area contributed by atoms with E-state index in [1.165, 1.54) is 0 Å². The molecule has 0 saturated carbocycles. The Morgan fingerprint density at radius 2 is 2.44 bits per heavy atom. The monoisotopic (exact) mass is 292 g/mol. The van der Waals surface area contributed by atoms with E-state index in [-0.39, 0.29) is 24.4 Å². The minimum atomic E-state index is 0. The number of hydrogen-bond acceptors (Lipinski definition) is 3. The Kier molecular flexibility index (Phi) is 5.91. The molecule has 0 radical (unpaired) electrons. The number of carbonyl (C=O) groups excluding carboxylic acids is 1. The second-order valence-electron chi connectivity index (χ2n) is 4.31. The van der Waals surface area contributed by atoms with Gasteiger partial charge in [-0.05, 0) is 6.92 Å². The molecule has 2 heterocycles. The van der Waals surface area contributed by atoms with Gasteiger partial charge in [0.1, 0.15) is 0 Å². The fourth-order valence-electron chi connectivity index (χ4n) is 2.03. The molecule has 0 bridgehead atoms. The van der Waals surface area contributed by atoms with Crippen LogP contribution in [-0.4, -0.2) is 46.3 Å². The maximum Gasteiger partial charge on any atom is 0.224 e. The first-order chi connectivity index (χ1) is 8.16. The summed E-state index contributed by atoms with van der Waals surface area (Å²) in [6.07, 6.45) is 3.79. The van der Waals surface area contributed by atoms with Gasteiger partial charge in [0.2, 0.25) is 5.91 Å². The van der Waals surface area contributed by atoms with Gasteiger partial charge in [-0.15, -0.1) is 12.4 Å². The Morgan fingerprint density at radius 1 is 1.67 bits per heavy atom. The van der Waals surface area contributed by atoms with E-state index in [9.17, 15) is 4.79 Å². The first-order valence-electron chi connectivity index (χ1n) is 5.85. The van der Waals surface area contributed by atoms with Gasteiger partial charge in [-0.2, -0.15) is 5.10 Å². The van der Waals surface area contributed by atoms with E-state index >= 15 is 0 Å². The third-order valence-corrected chi connectivity index (χ3v) is 3.17. The van der Waals surface area contributed by atoms with Crippen LogP contribution in [0.1, 0.15) is 13.3 Å². The first-order valence-corrected chi connectivity index (χ1v) is 6.23. The van der Waals surface area contributed by atoms with Gasteiger partial charge in [0.25, 0.3) is 0 Å². The third kappa shape index (κ3) is 3.86. The molecule has 1 aliphatic heterocycles. The molecular weight excluding hydrogens is 275 g/mol. The first kappa shape index (κ1) is 15.3. The molecule has 5 nitrogen and oxygen atoms in total. The molecule has 1 saturated heterocycles. The minimum absolute atomic E-state index is 0. The number of hydrogen-bond donors (Lipinski definition) is 1. The number of amides is 1. The molecule has 0 aliphatic carbocycles. The number of aryl methyl sites for hydroxylation is 1. The summed E-state index contributed by atoms with van der Waals surface area (Å²) < 4.78 is 1.70. The molecule has 1 aliphatic rings. The van der Waals surface area contributed by atoms with Crippen LogP contribution < -0.4 is 5.32 Å². The molecule has 1 aromatic rings. The molecule has 0 spiro atoms. The zero-order chi connectivity index (χ0) is 12.3. The zero-order valence-electron chi connectivity index (χ0n) is 10.3. The fraction of sp³-hybridized carbons (Fsp3) is 0.636. The molecule has 0 unspecified atom stereocenters. The van der Waals surface area contributed by atoms with Crippen molar-refractivity contribution in [3.8, 4) is 0 Å². The molecule has 1 N–H and O–H groups in total. The lowest BCUT2D eigenvalue weighted by Gasteiger charge is -2.34. The highest BCUT2D eigenvalue weighted by Gasteiger charge is 2.22. The van der Waals surface area contributed by atoms with Crippen LogP contribution in [0.3, 0.4) is 0 Å². The summed E-state index contributed by atoms with van der Waals surface area (Å²) in [5, 5.41) is 7.93. The van der Waals surface area contributed by atoms with Crippen molar-refractivity contribution in [3.63, 3.8) is 0 Å². The second kappa shape index (κ2) is 6.97. The number of halogens is 2. The largest absolute Gasteiger partial charge is 0.337 e. The van der Waals surface area contributed by atoms with Crippen LogP contribution in [0.15, 0.2) is 12.4 Å². The standard InChI is InChI=1S/C11H17ClN4O.ClH/c1-9-6-13-3-5-16(9)11(17)2-4-15-8-10(12)7-14-15;/h7-9,13H,2-6H2,1H3;1H/t9-;/m1./s1. The Bertz CT molecular complexity index is 396. The molecule has 1 amide bonds. The Hall–Kier alpha value is -0.780. The van der Waals surface area contributed by atoms with Crippen molar-refractivity contribution in [1.29, 1.82) is 0 Å². The highest BCUT2D eigenvalue weighted by molar-refractivity contribution is 6.30. The van der Waals surface area contributed by atoms with Crippen molar-refractivity contribution in [2.45, 2.75) is 25.9 Å². The molecule has 2 rings (SSSR count). The van der Waals surface area contributed by atoms with Gasteiger partial charge in [0.05, 0.1) is 11.2 Å². The quantitative estimate of drug-likeness (QED) is 0.910. The van der Waals surface area contributed by atoms with Crippen LogP contribution >= 0.6 is 24.0 Å². The van der Waals surface area contributed by atoms with Crippen LogP contribution in [0.5, 0.6) is 0 Å². The predicted molar refractivity (Wildman–Crippen MR) is 73.1 cm³/mol. The second-order valence-corrected chi connectivity index (χ2v) is 4.75. The summed E-state index contributed by atoms with van der Waals surface area (Å²) in [5.41, 5.74) is 0. The van der Waals surface area contributed by atoms with Gasteiger partial charge < -0.3 is 10.2 Å². The number of carbonyl (C=O) groups is 1. The van der Waals surface area contributed by atoms with Crippen LogP contribution in [0.4, 0.5) is 0 Å². The fourth-order valence-corrected chi connectivity index (χ4v) is 2.18. The van der Waals surface area contributed by atoms with Gasteiger partial charge in [-0.25, -0.2) is 0 Å². The van der Waals surface area contributed by atoms with Crippen molar-refractivity contribution < 1.29 is 4.79 Å². The van der Waals surface area contributed by atoms with Crippen LogP contribution in [0.2, 0.25) is 5.02 Å². The maximum absolute atomic E-state index is 12.0. The number of piperazine rings is 1. The normalized spacial score (nSPS) is 19.4. The molecule has 7 heteroatoms. The minimum Gasteiger partial charge on any atom is -0.337 e. The van der Waals surface area contributed by atoms with Crippen LogP contribution in [-0.2, 0) is 11.3 Å². The summed E-state index contributed by atoms with van der Waals surface area (Å²) in [6, 6.07) is 0.275. The van der Waals surface area contributed by atoms with Crippen molar-refractivity contribution in [2.75, 3.05) is 19.6 Å². The van der Waals surface area contributed by atoms with Crippen molar-refractivity contribution in [2.24, 2.45) is 0 Å². The Balaban J connectivity index is 0.00000162. The zero-order valence-corrected chi connectivity index (χ0v) is 11.9.